The molecular weight excluding hydrogens is 190 g/mol. The molecule has 1 rings (SSSR count). The summed E-state index contributed by atoms with van der Waals surface area (Å²) >= 11 is 0. The van der Waals surface area contributed by atoms with Crippen LogP contribution in [0.1, 0.15) is 29.2 Å². The SMILES string of the molecule is COCCCc1nc(C)c(CN)c(C)n1. The maximum atomic E-state index is 5.62. The molecule has 1 aromatic rings. The van der Waals surface area contributed by atoms with Crippen LogP contribution in [0.4, 0.5) is 0 Å². The number of hydrogen-bond acceptors (Lipinski definition) is 4. The Balaban J connectivity index is 2.75. The maximum Gasteiger partial charge on any atom is 0.128 e. The molecule has 4 heteroatoms. The second-order valence-corrected chi connectivity index (χ2v) is 3.59. The average Bonchev–Trinajstić information content (AvgIpc) is 2.18. The van der Waals surface area contributed by atoms with Crippen LogP contribution >= 0.6 is 0 Å². The van der Waals surface area contributed by atoms with E-state index in [2.05, 4.69) is 9.97 Å². The van der Waals surface area contributed by atoms with Crippen molar-refractivity contribution in [1.29, 1.82) is 0 Å². The first kappa shape index (κ1) is 12.1. The molecule has 0 saturated heterocycles. The molecule has 0 aromatic carbocycles. The van der Waals surface area contributed by atoms with E-state index in [9.17, 15) is 0 Å². The molecule has 15 heavy (non-hydrogen) atoms. The molecular formula is C11H19N3O. The van der Waals surface area contributed by atoms with Gasteiger partial charge in [-0.05, 0) is 20.3 Å². The normalized spacial score (nSPS) is 10.7. The first-order valence-corrected chi connectivity index (χ1v) is 5.21. The van der Waals surface area contributed by atoms with E-state index in [1.807, 2.05) is 13.8 Å². The van der Waals surface area contributed by atoms with Crippen LogP contribution in [-0.4, -0.2) is 23.7 Å². The Bertz CT molecular complexity index is 303. The third kappa shape index (κ3) is 3.25. The smallest absolute Gasteiger partial charge is 0.128 e. The first-order valence-electron chi connectivity index (χ1n) is 5.21. The van der Waals surface area contributed by atoms with Crippen LogP contribution in [0, 0.1) is 13.8 Å². The van der Waals surface area contributed by atoms with E-state index in [0.717, 1.165) is 42.2 Å². The maximum absolute atomic E-state index is 5.62. The Morgan fingerprint density at radius 3 is 2.27 bits per heavy atom. The highest BCUT2D eigenvalue weighted by Gasteiger charge is 2.06. The quantitative estimate of drug-likeness (QED) is 0.738. The molecule has 0 amide bonds. The fraction of sp³-hybridized carbons (Fsp3) is 0.636. The predicted molar refractivity (Wildman–Crippen MR) is 59.6 cm³/mol. The van der Waals surface area contributed by atoms with Crippen LogP contribution in [0.15, 0.2) is 0 Å². The van der Waals surface area contributed by atoms with Crippen LogP contribution in [0.25, 0.3) is 0 Å². The van der Waals surface area contributed by atoms with Crippen molar-refractivity contribution >= 4 is 0 Å². The van der Waals surface area contributed by atoms with Gasteiger partial charge in [-0.3, -0.25) is 0 Å². The molecule has 84 valence electrons. The molecule has 2 N–H and O–H groups in total. The molecule has 4 nitrogen and oxygen atoms in total. The second-order valence-electron chi connectivity index (χ2n) is 3.59. The Labute approximate surface area is 90.9 Å². The molecule has 0 fully saturated rings. The number of methoxy groups -OCH3 is 1. The fourth-order valence-corrected chi connectivity index (χ4v) is 1.59. The molecule has 0 aliphatic heterocycles. The van der Waals surface area contributed by atoms with Gasteiger partial charge < -0.3 is 10.5 Å². The summed E-state index contributed by atoms with van der Waals surface area (Å²) in [7, 11) is 1.70. The Morgan fingerprint density at radius 2 is 1.80 bits per heavy atom. The number of hydrogen-bond donors (Lipinski definition) is 1. The molecule has 0 spiro atoms. The highest BCUT2D eigenvalue weighted by molar-refractivity contribution is 5.23. The monoisotopic (exact) mass is 209 g/mol. The van der Waals surface area contributed by atoms with E-state index in [1.165, 1.54) is 0 Å². The van der Waals surface area contributed by atoms with Gasteiger partial charge in [-0.2, -0.15) is 0 Å². The summed E-state index contributed by atoms with van der Waals surface area (Å²) in [5.41, 5.74) is 8.68. The number of nitrogens with two attached hydrogens (primary N) is 1. The summed E-state index contributed by atoms with van der Waals surface area (Å²) < 4.78 is 4.99. The van der Waals surface area contributed by atoms with Crippen LogP contribution in [0.2, 0.25) is 0 Å². The molecule has 0 atom stereocenters. The second kappa shape index (κ2) is 5.78. The first-order chi connectivity index (χ1) is 7.19. The van der Waals surface area contributed by atoms with Gasteiger partial charge in [0.15, 0.2) is 0 Å². The minimum Gasteiger partial charge on any atom is -0.385 e. The number of ether oxygens (including phenoxy) is 1. The zero-order valence-electron chi connectivity index (χ0n) is 9.71. The standard InChI is InChI=1S/C11H19N3O/c1-8-10(7-12)9(2)14-11(13-8)5-4-6-15-3/h4-7,12H2,1-3H3. The van der Waals surface area contributed by atoms with Crippen LogP contribution in [0.5, 0.6) is 0 Å². The van der Waals surface area contributed by atoms with Gasteiger partial charge in [0.25, 0.3) is 0 Å². The topological polar surface area (TPSA) is 61.0 Å². The number of nitrogens with zero attached hydrogens (tertiary/aromatic N) is 2. The average molecular weight is 209 g/mol. The fourth-order valence-electron chi connectivity index (χ4n) is 1.59. The number of aromatic nitrogens is 2. The van der Waals surface area contributed by atoms with Crippen LogP contribution < -0.4 is 5.73 Å². The van der Waals surface area contributed by atoms with Gasteiger partial charge in [-0.15, -0.1) is 0 Å². The van der Waals surface area contributed by atoms with Crippen molar-refractivity contribution in [3.8, 4) is 0 Å². The largest absolute Gasteiger partial charge is 0.385 e. The minimum atomic E-state index is 0.510. The molecule has 1 aromatic heterocycles. The van der Waals surface area contributed by atoms with Gasteiger partial charge in [0.2, 0.25) is 0 Å². The Morgan fingerprint density at radius 1 is 1.20 bits per heavy atom. The summed E-state index contributed by atoms with van der Waals surface area (Å²) in [6.45, 7) is 5.23. The molecule has 0 unspecified atom stereocenters. The van der Waals surface area contributed by atoms with E-state index in [4.69, 9.17) is 10.5 Å². The molecule has 0 aliphatic carbocycles. The van der Waals surface area contributed by atoms with Crippen molar-refractivity contribution in [3.05, 3.63) is 22.8 Å². The number of rotatable bonds is 5. The van der Waals surface area contributed by atoms with E-state index >= 15 is 0 Å². The van der Waals surface area contributed by atoms with Crippen molar-refractivity contribution in [3.63, 3.8) is 0 Å². The zero-order valence-corrected chi connectivity index (χ0v) is 9.71. The van der Waals surface area contributed by atoms with Crippen molar-refractivity contribution in [2.45, 2.75) is 33.2 Å². The van der Waals surface area contributed by atoms with Crippen molar-refractivity contribution < 1.29 is 4.74 Å². The lowest BCUT2D eigenvalue weighted by Crippen LogP contribution is -2.09. The lowest BCUT2D eigenvalue weighted by Gasteiger charge is -2.08. The van der Waals surface area contributed by atoms with Gasteiger partial charge in [0.1, 0.15) is 5.82 Å². The third-order valence-corrected chi connectivity index (χ3v) is 2.42. The highest BCUT2D eigenvalue weighted by atomic mass is 16.5. The van der Waals surface area contributed by atoms with Gasteiger partial charge in [-0.25, -0.2) is 9.97 Å². The molecule has 0 bridgehead atoms. The Kier molecular flexibility index (Phi) is 4.65. The number of aryl methyl sites for hydroxylation is 3. The summed E-state index contributed by atoms with van der Waals surface area (Å²) in [4.78, 5) is 8.86. The summed E-state index contributed by atoms with van der Waals surface area (Å²) in [5.74, 6) is 0.888. The molecule has 0 aliphatic rings. The summed E-state index contributed by atoms with van der Waals surface area (Å²) in [5, 5.41) is 0. The molecule has 0 radical (unpaired) electrons. The van der Waals surface area contributed by atoms with E-state index in [1.54, 1.807) is 7.11 Å². The lowest BCUT2D eigenvalue weighted by atomic mass is 10.1. The van der Waals surface area contributed by atoms with Crippen molar-refractivity contribution in [2.24, 2.45) is 5.73 Å². The molecule has 1 heterocycles. The van der Waals surface area contributed by atoms with Crippen LogP contribution in [0.3, 0.4) is 0 Å². The van der Waals surface area contributed by atoms with Crippen molar-refractivity contribution in [1.82, 2.24) is 9.97 Å². The van der Waals surface area contributed by atoms with Crippen LogP contribution in [-0.2, 0) is 17.7 Å². The minimum absolute atomic E-state index is 0.510. The summed E-state index contributed by atoms with van der Waals surface area (Å²) in [6.07, 6.45) is 1.82. The van der Waals surface area contributed by atoms with Gasteiger partial charge >= 0.3 is 0 Å². The van der Waals surface area contributed by atoms with Gasteiger partial charge in [0, 0.05) is 43.6 Å². The van der Waals surface area contributed by atoms with Gasteiger partial charge in [0.05, 0.1) is 0 Å². The lowest BCUT2D eigenvalue weighted by molar-refractivity contribution is 0.194. The Hall–Kier alpha value is -1.00. The predicted octanol–water partition coefficient (Wildman–Crippen LogP) is 1.13. The van der Waals surface area contributed by atoms with E-state index in [-0.39, 0.29) is 0 Å². The summed E-state index contributed by atoms with van der Waals surface area (Å²) in [6, 6.07) is 0. The van der Waals surface area contributed by atoms with E-state index in [0.29, 0.717) is 6.54 Å². The highest BCUT2D eigenvalue weighted by Crippen LogP contribution is 2.10. The molecule has 0 saturated carbocycles. The zero-order chi connectivity index (χ0) is 11.3. The van der Waals surface area contributed by atoms with Gasteiger partial charge in [-0.1, -0.05) is 0 Å². The third-order valence-electron chi connectivity index (χ3n) is 2.42. The van der Waals surface area contributed by atoms with E-state index < -0.39 is 0 Å². The van der Waals surface area contributed by atoms with Crippen molar-refractivity contribution in [2.75, 3.05) is 13.7 Å².